The van der Waals surface area contributed by atoms with Crippen molar-refractivity contribution in [3.05, 3.63) is 53.6 Å². The molecule has 0 radical (unpaired) electrons. The number of anilines is 1. The van der Waals surface area contributed by atoms with E-state index in [0.29, 0.717) is 5.69 Å². The van der Waals surface area contributed by atoms with Gasteiger partial charge in [-0.3, -0.25) is 14.7 Å². The zero-order valence-corrected chi connectivity index (χ0v) is 20.1. The molecule has 1 saturated carbocycles. The van der Waals surface area contributed by atoms with Crippen molar-refractivity contribution in [2.75, 3.05) is 5.32 Å². The summed E-state index contributed by atoms with van der Waals surface area (Å²) in [5, 5.41) is 16.8. The number of aromatic amines is 1. The second-order valence-electron chi connectivity index (χ2n) is 9.10. The number of alkyl halides is 2. The van der Waals surface area contributed by atoms with Crippen LogP contribution in [-0.4, -0.2) is 43.8 Å². The van der Waals surface area contributed by atoms with E-state index in [2.05, 4.69) is 31.9 Å². The van der Waals surface area contributed by atoms with Gasteiger partial charge < -0.3 is 10.6 Å². The van der Waals surface area contributed by atoms with Gasteiger partial charge in [-0.2, -0.15) is 10.2 Å². The van der Waals surface area contributed by atoms with E-state index < -0.39 is 29.7 Å². The summed E-state index contributed by atoms with van der Waals surface area (Å²) in [5.74, 6) is -1.78. The summed E-state index contributed by atoms with van der Waals surface area (Å²) in [6, 6.07) is 7.75. The van der Waals surface area contributed by atoms with Gasteiger partial charge in [0.2, 0.25) is 11.8 Å². The van der Waals surface area contributed by atoms with Gasteiger partial charge in [0.25, 0.3) is 5.91 Å². The van der Waals surface area contributed by atoms with Crippen LogP contribution in [-0.2, 0) is 11.3 Å². The van der Waals surface area contributed by atoms with E-state index in [1.165, 1.54) is 16.9 Å². The Morgan fingerprint density at radius 2 is 1.92 bits per heavy atom. The van der Waals surface area contributed by atoms with Crippen LogP contribution in [0.15, 0.2) is 36.5 Å². The van der Waals surface area contributed by atoms with Crippen molar-refractivity contribution in [2.45, 2.75) is 58.0 Å². The highest BCUT2D eigenvalue weighted by atomic mass is 19.3. The van der Waals surface area contributed by atoms with Gasteiger partial charge >= 0.3 is 0 Å². The van der Waals surface area contributed by atoms with Gasteiger partial charge in [0.15, 0.2) is 0 Å². The molecule has 10 heteroatoms. The summed E-state index contributed by atoms with van der Waals surface area (Å²) in [6.07, 6.45) is 6.36. The molecule has 2 amide bonds. The van der Waals surface area contributed by atoms with E-state index in [9.17, 15) is 18.4 Å². The molecule has 1 aliphatic rings. The number of carbonyl (C=O) groups excluding carboxylic acids is 2. The molecule has 188 valence electrons. The van der Waals surface area contributed by atoms with E-state index >= 15 is 0 Å². The van der Waals surface area contributed by atoms with Crippen molar-refractivity contribution in [3.8, 4) is 23.5 Å². The molecule has 0 bridgehead atoms. The number of aromatic nitrogens is 4. The molecule has 36 heavy (non-hydrogen) atoms. The summed E-state index contributed by atoms with van der Waals surface area (Å²) >= 11 is 0. The lowest BCUT2D eigenvalue weighted by molar-refractivity contribution is -0.121. The number of aryl methyl sites for hydroxylation is 2. The fourth-order valence-electron chi connectivity index (χ4n) is 4.66. The lowest BCUT2D eigenvalue weighted by atomic mass is 9.81. The molecule has 3 N–H and O–H groups in total. The maximum atomic E-state index is 13.8. The summed E-state index contributed by atoms with van der Waals surface area (Å²) in [7, 11) is 0. The minimum Gasteiger partial charge on any atom is -0.339 e. The Morgan fingerprint density at radius 3 is 2.53 bits per heavy atom. The van der Waals surface area contributed by atoms with Crippen molar-refractivity contribution in [1.82, 2.24) is 25.3 Å². The molecule has 1 atom stereocenters. The van der Waals surface area contributed by atoms with Gasteiger partial charge in [-0.15, -0.1) is 6.42 Å². The van der Waals surface area contributed by atoms with Crippen molar-refractivity contribution >= 4 is 17.5 Å². The first-order valence-corrected chi connectivity index (χ1v) is 11.8. The van der Waals surface area contributed by atoms with Gasteiger partial charge in [0, 0.05) is 36.0 Å². The molecule has 0 spiro atoms. The van der Waals surface area contributed by atoms with Crippen LogP contribution in [0.2, 0.25) is 0 Å². The minimum absolute atomic E-state index is 0.0875. The second kappa shape index (κ2) is 10.3. The zero-order valence-electron chi connectivity index (χ0n) is 20.1. The average molecular weight is 495 g/mol. The van der Waals surface area contributed by atoms with Gasteiger partial charge in [0.05, 0.1) is 5.69 Å². The Bertz CT molecular complexity index is 1260. The summed E-state index contributed by atoms with van der Waals surface area (Å²) in [4.78, 5) is 26.3. The third kappa shape index (κ3) is 5.46. The molecule has 1 fully saturated rings. The van der Waals surface area contributed by atoms with Crippen LogP contribution in [0.5, 0.6) is 0 Å². The summed E-state index contributed by atoms with van der Waals surface area (Å²) in [5.41, 5.74) is 4.46. The third-order valence-electron chi connectivity index (χ3n) is 6.56. The number of carbonyl (C=O) groups is 2. The molecule has 0 saturated heterocycles. The van der Waals surface area contributed by atoms with E-state index in [0.717, 1.165) is 22.5 Å². The first-order chi connectivity index (χ1) is 17.2. The SMILES string of the molecule is C#CCn1nccc1C(=O)N[C@H](C(=O)Nc1ccc(-c2c(C)n[nH]c2C)cc1)C1CCC(F)(F)CC1. The number of nitrogens with zero attached hydrogens (tertiary/aromatic N) is 3. The van der Waals surface area contributed by atoms with Gasteiger partial charge in [-0.05, 0) is 56.4 Å². The van der Waals surface area contributed by atoms with Crippen molar-refractivity contribution in [1.29, 1.82) is 0 Å². The fraction of sp³-hybridized carbons (Fsp3) is 0.385. The van der Waals surface area contributed by atoms with E-state index in [4.69, 9.17) is 6.42 Å². The monoisotopic (exact) mass is 494 g/mol. The molecular formula is C26H28F2N6O2. The molecule has 1 aliphatic carbocycles. The van der Waals surface area contributed by atoms with E-state index in [-0.39, 0.29) is 37.9 Å². The highest BCUT2D eigenvalue weighted by Crippen LogP contribution is 2.38. The number of terminal acetylenes is 1. The van der Waals surface area contributed by atoms with E-state index in [1.54, 1.807) is 12.1 Å². The normalized spacial score (nSPS) is 16.2. The number of rotatable bonds is 7. The van der Waals surface area contributed by atoms with Gasteiger partial charge in [-0.1, -0.05) is 18.1 Å². The van der Waals surface area contributed by atoms with Crippen LogP contribution in [0.1, 0.15) is 47.6 Å². The summed E-state index contributed by atoms with van der Waals surface area (Å²) < 4.78 is 28.9. The smallest absolute Gasteiger partial charge is 0.270 e. The molecular weight excluding hydrogens is 466 g/mol. The summed E-state index contributed by atoms with van der Waals surface area (Å²) in [6.45, 7) is 3.93. The standard InChI is InChI=1S/C26H28F2N6O2/c1-4-15-34-21(11-14-29-34)24(35)31-23(19-9-12-26(27,28)13-10-19)25(36)30-20-7-5-18(6-8-20)22-16(2)32-33-17(22)3/h1,5-8,11,14,19,23H,9-10,12-13,15H2,2-3H3,(H,30,36)(H,31,35)(H,32,33)/t23-/m0/s1. The number of H-pyrrole nitrogens is 1. The highest BCUT2D eigenvalue weighted by Gasteiger charge is 2.40. The molecule has 8 nitrogen and oxygen atoms in total. The highest BCUT2D eigenvalue weighted by molar-refractivity contribution is 6.00. The predicted molar refractivity (Wildman–Crippen MR) is 131 cm³/mol. The van der Waals surface area contributed by atoms with Crippen LogP contribution in [0.25, 0.3) is 11.1 Å². The maximum Gasteiger partial charge on any atom is 0.270 e. The van der Waals surface area contributed by atoms with E-state index in [1.807, 2.05) is 26.0 Å². The number of halogens is 2. The first kappa shape index (κ1) is 25.1. The Morgan fingerprint density at radius 1 is 1.22 bits per heavy atom. The first-order valence-electron chi connectivity index (χ1n) is 11.8. The van der Waals surface area contributed by atoms with Crippen LogP contribution >= 0.6 is 0 Å². The van der Waals surface area contributed by atoms with Gasteiger partial charge in [-0.25, -0.2) is 13.5 Å². The number of amides is 2. The quantitative estimate of drug-likeness (QED) is 0.431. The Kier molecular flexibility index (Phi) is 7.20. The number of hydrogen-bond donors (Lipinski definition) is 3. The topological polar surface area (TPSA) is 105 Å². The van der Waals surface area contributed by atoms with Crippen LogP contribution in [0, 0.1) is 32.1 Å². The Hall–Kier alpha value is -4.00. The average Bonchev–Trinajstić information content (AvgIpc) is 3.44. The lowest BCUT2D eigenvalue weighted by Gasteiger charge is -2.33. The molecule has 0 unspecified atom stereocenters. The molecule has 0 aliphatic heterocycles. The minimum atomic E-state index is -2.76. The van der Waals surface area contributed by atoms with Crippen LogP contribution in [0.3, 0.4) is 0 Å². The Balaban J connectivity index is 1.53. The predicted octanol–water partition coefficient (Wildman–Crippen LogP) is 4.09. The lowest BCUT2D eigenvalue weighted by Crippen LogP contribution is -2.50. The van der Waals surface area contributed by atoms with Crippen LogP contribution in [0.4, 0.5) is 14.5 Å². The van der Waals surface area contributed by atoms with Crippen molar-refractivity contribution in [2.24, 2.45) is 5.92 Å². The molecule has 1 aromatic carbocycles. The maximum absolute atomic E-state index is 13.8. The zero-order chi connectivity index (χ0) is 25.9. The third-order valence-corrected chi connectivity index (χ3v) is 6.56. The number of nitrogens with one attached hydrogen (secondary N) is 3. The fourth-order valence-corrected chi connectivity index (χ4v) is 4.66. The molecule has 4 rings (SSSR count). The molecule has 3 aromatic rings. The largest absolute Gasteiger partial charge is 0.339 e. The number of hydrogen-bond acceptors (Lipinski definition) is 4. The number of benzene rings is 1. The van der Waals surface area contributed by atoms with Crippen molar-refractivity contribution in [3.63, 3.8) is 0 Å². The Labute approximate surface area is 207 Å². The van der Waals surface area contributed by atoms with Crippen molar-refractivity contribution < 1.29 is 18.4 Å². The molecule has 2 aromatic heterocycles. The molecule has 2 heterocycles. The second-order valence-corrected chi connectivity index (χ2v) is 9.10. The van der Waals surface area contributed by atoms with Gasteiger partial charge in [0.1, 0.15) is 18.3 Å². The van der Waals surface area contributed by atoms with Crippen LogP contribution < -0.4 is 10.6 Å².